The zero-order chi connectivity index (χ0) is 20.3. The van der Waals surface area contributed by atoms with Crippen molar-refractivity contribution in [1.82, 2.24) is 4.98 Å². The van der Waals surface area contributed by atoms with Crippen LogP contribution in [0.25, 0.3) is 10.9 Å². The molecule has 0 bridgehead atoms. The number of aromatic nitrogens is 1. The maximum atomic E-state index is 12.3. The first-order chi connectivity index (χ1) is 13.4. The molecule has 0 aliphatic heterocycles. The van der Waals surface area contributed by atoms with Gasteiger partial charge < -0.3 is 9.47 Å². The number of nitrogens with zero attached hydrogens (tertiary/aromatic N) is 2. The van der Waals surface area contributed by atoms with Crippen LogP contribution in [0.2, 0.25) is 0 Å². The van der Waals surface area contributed by atoms with Crippen LogP contribution in [-0.4, -0.2) is 29.0 Å². The average Bonchev–Trinajstić information content (AvgIpc) is 2.71. The largest absolute Gasteiger partial charge is 0.465 e. The summed E-state index contributed by atoms with van der Waals surface area (Å²) < 4.78 is 10.1. The Labute approximate surface area is 159 Å². The Morgan fingerprint density at radius 3 is 2.39 bits per heavy atom. The van der Waals surface area contributed by atoms with Crippen molar-refractivity contribution in [2.75, 3.05) is 7.11 Å². The second-order valence-corrected chi connectivity index (χ2v) is 5.95. The number of hydrogen-bond acceptors (Lipinski definition) is 7. The number of non-ortho nitro benzene ring substituents is 1. The minimum absolute atomic E-state index is 0.128. The summed E-state index contributed by atoms with van der Waals surface area (Å²) in [7, 11) is 1.27. The van der Waals surface area contributed by atoms with Crippen LogP contribution in [0.15, 0.2) is 48.5 Å². The molecule has 2 aromatic carbocycles. The van der Waals surface area contributed by atoms with E-state index < -0.39 is 16.9 Å². The van der Waals surface area contributed by atoms with E-state index in [1.807, 2.05) is 18.2 Å². The zero-order valence-corrected chi connectivity index (χ0v) is 15.2. The van der Waals surface area contributed by atoms with Crippen molar-refractivity contribution in [1.29, 1.82) is 0 Å². The molecule has 28 heavy (non-hydrogen) atoms. The number of methoxy groups -OCH3 is 1. The van der Waals surface area contributed by atoms with Crippen LogP contribution in [0.1, 0.15) is 32.0 Å². The third-order valence-corrected chi connectivity index (χ3v) is 4.27. The molecule has 8 nitrogen and oxygen atoms in total. The fourth-order valence-corrected chi connectivity index (χ4v) is 2.85. The molecule has 0 spiro atoms. The molecule has 0 aliphatic rings. The van der Waals surface area contributed by atoms with Gasteiger partial charge in [-0.25, -0.2) is 14.6 Å². The zero-order valence-electron chi connectivity index (χ0n) is 15.2. The van der Waals surface area contributed by atoms with Crippen molar-refractivity contribution < 1.29 is 24.0 Å². The second kappa shape index (κ2) is 7.83. The van der Waals surface area contributed by atoms with Crippen molar-refractivity contribution in [3.8, 4) is 0 Å². The molecule has 0 amide bonds. The van der Waals surface area contributed by atoms with Gasteiger partial charge in [0.05, 0.1) is 34.4 Å². The van der Waals surface area contributed by atoms with E-state index in [1.54, 1.807) is 13.0 Å². The maximum Gasteiger partial charge on any atom is 0.340 e. The molecule has 0 unspecified atom stereocenters. The van der Waals surface area contributed by atoms with E-state index in [0.29, 0.717) is 11.1 Å². The number of hydrogen-bond donors (Lipinski definition) is 0. The number of esters is 2. The number of ether oxygens (including phenoxy) is 2. The lowest BCUT2D eigenvalue weighted by Gasteiger charge is -2.13. The lowest BCUT2D eigenvalue weighted by molar-refractivity contribution is -0.384. The molecule has 1 heterocycles. The Kier molecular flexibility index (Phi) is 5.30. The Morgan fingerprint density at radius 1 is 1.07 bits per heavy atom. The van der Waals surface area contributed by atoms with Gasteiger partial charge in [0.1, 0.15) is 6.61 Å². The number of fused-ring (bicyclic) bond motifs is 1. The molecule has 0 aliphatic carbocycles. The maximum absolute atomic E-state index is 12.3. The summed E-state index contributed by atoms with van der Waals surface area (Å²) in [6.07, 6.45) is 0. The van der Waals surface area contributed by atoms with Gasteiger partial charge in [-0.05, 0) is 30.7 Å². The van der Waals surface area contributed by atoms with Gasteiger partial charge >= 0.3 is 11.9 Å². The van der Waals surface area contributed by atoms with Gasteiger partial charge in [0.2, 0.25) is 0 Å². The van der Waals surface area contributed by atoms with Crippen LogP contribution < -0.4 is 0 Å². The van der Waals surface area contributed by atoms with Crippen LogP contribution in [-0.2, 0) is 16.1 Å². The van der Waals surface area contributed by atoms with E-state index in [9.17, 15) is 19.7 Å². The van der Waals surface area contributed by atoms with Gasteiger partial charge in [-0.3, -0.25) is 10.1 Å². The quantitative estimate of drug-likeness (QED) is 0.378. The summed E-state index contributed by atoms with van der Waals surface area (Å²) >= 11 is 0. The fourth-order valence-electron chi connectivity index (χ4n) is 2.85. The highest BCUT2D eigenvalue weighted by molar-refractivity contribution is 5.98. The van der Waals surface area contributed by atoms with E-state index in [-0.39, 0.29) is 29.1 Å². The number of aryl methyl sites for hydroxylation is 1. The average molecular weight is 380 g/mol. The topological polar surface area (TPSA) is 109 Å². The minimum atomic E-state index is -0.682. The summed E-state index contributed by atoms with van der Waals surface area (Å²) in [6.45, 7) is 1.53. The van der Waals surface area contributed by atoms with Crippen LogP contribution >= 0.6 is 0 Å². The van der Waals surface area contributed by atoms with Gasteiger partial charge in [-0.2, -0.15) is 0 Å². The molecule has 8 heteroatoms. The molecule has 0 radical (unpaired) electrons. The molecule has 142 valence electrons. The minimum Gasteiger partial charge on any atom is -0.465 e. The summed E-state index contributed by atoms with van der Waals surface area (Å²) in [5.41, 5.74) is 1.89. The predicted octanol–water partition coefficient (Wildman–Crippen LogP) is 3.60. The summed E-state index contributed by atoms with van der Waals surface area (Å²) in [4.78, 5) is 39.1. The molecule has 0 saturated heterocycles. The van der Waals surface area contributed by atoms with Crippen molar-refractivity contribution >= 4 is 28.5 Å². The number of nitro groups is 1. The first kappa shape index (κ1) is 19.0. The molecular formula is C20H16N2O6. The van der Waals surface area contributed by atoms with Crippen molar-refractivity contribution in [2.45, 2.75) is 13.5 Å². The second-order valence-electron chi connectivity index (χ2n) is 5.95. The van der Waals surface area contributed by atoms with E-state index in [1.165, 1.54) is 31.4 Å². The molecular weight excluding hydrogens is 364 g/mol. The number of rotatable bonds is 5. The number of benzene rings is 2. The molecule has 0 saturated carbocycles. The number of carbonyl (C=O) groups excluding carboxylic acids is 2. The fraction of sp³-hybridized carbons (Fsp3) is 0.150. The first-order valence-electron chi connectivity index (χ1n) is 8.30. The molecule has 3 aromatic rings. The van der Waals surface area contributed by atoms with Crippen molar-refractivity contribution in [3.63, 3.8) is 0 Å². The summed E-state index contributed by atoms with van der Waals surface area (Å²) in [5, 5.41) is 11.5. The highest BCUT2D eigenvalue weighted by Crippen LogP contribution is 2.24. The Morgan fingerprint density at radius 2 is 1.75 bits per heavy atom. The van der Waals surface area contributed by atoms with Gasteiger partial charge in [-0.15, -0.1) is 0 Å². The van der Waals surface area contributed by atoms with Crippen LogP contribution in [0.4, 0.5) is 5.69 Å². The van der Waals surface area contributed by atoms with Crippen LogP contribution in [0.3, 0.4) is 0 Å². The lowest BCUT2D eigenvalue weighted by atomic mass is 10.0. The standard InChI is InChI=1S/C20H16N2O6/c1-12-15-5-3-4-6-16(15)21-17(18(12)20(24)27-2)11-28-19(23)13-7-9-14(10-8-13)22(25)26/h3-10H,11H2,1-2H3. The third kappa shape index (κ3) is 3.66. The smallest absolute Gasteiger partial charge is 0.340 e. The summed E-state index contributed by atoms with van der Waals surface area (Å²) in [5.74, 6) is -1.25. The third-order valence-electron chi connectivity index (χ3n) is 4.27. The first-order valence-corrected chi connectivity index (χ1v) is 8.30. The number of nitro benzene ring substituents is 1. The van der Waals surface area contributed by atoms with Gasteiger partial charge in [0, 0.05) is 17.5 Å². The van der Waals surface area contributed by atoms with Gasteiger partial charge in [0.15, 0.2) is 0 Å². The van der Waals surface area contributed by atoms with Crippen LogP contribution in [0.5, 0.6) is 0 Å². The number of para-hydroxylation sites is 1. The molecule has 0 fully saturated rings. The predicted molar refractivity (Wildman–Crippen MR) is 100 cm³/mol. The normalized spacial score (nSPS) is 10.5. The van der Waals surface area contributed by atoms with Gasteiger partial charge in [-0.1, -0.05) is 18.2 Å². The molecule has 0 atom stereocenters. The Hall–Kier alpha value is -3.81. The lowest BCUT2D eigenvalue weighted by Crippen LogP contribution is -2.14. The van der Waals surface area contributed by atoms with E-state index >= 15 is 0 Å². The highest BCUT2D eigenvalue weighted by atomic mass is 16.6. The van der Waals surface area contributed by atoms with Crippen LogP contribution in [0, 0.1) is 17.0 Å². The molecule has 0 N–H and O–H groups in total. The Bertz CT molecular complexity index is 1080. The monoisotopic (exact) mass is 380 g/mol. The SMILES string of the molecule is COC(=O)c1c(COC(=O)c2ccc([N+](=O)[O-])cc2)nc2ccccc2c1C. The molecule has 1 aromatic heterocycles. The Balaban J connectivity index is 1.89. The van der Waals surface area contributed by atoms with E-state index in [4.69, 9.17) is 9.47 Å². The molecule has 3 rings (SSSR count). The highest BCUT2D eigenvalue weighted by Gasteiger charge is 2.21. The summed E-state index contributed by atoms with van der Waals surface area (Å²) in [6, 6.07) is 12.3. The number of carbonyl (C=O) groups is 2. The number of pyridine rings is 1. The van der Waals surface area contributed by atoms with E-state index in [0.717, 1.165) is 5.39 Å². The van der Waals surface area contributed by atoms with Crippen molar-refractivity contribution in [3.05, 3.63) is 81.0 Å². The van der Waals surface area contributed by atoms with Gasteiger partial charge in [0.25, 0.3) is 5.69 Å². The van der Waals surface area contributed by atoms with E-state index in [2.05, 4.69) is 4.98 Å². The van der Waals surface area contributed by atoms with Crippen molar-refractivity contribution in [2.24, 2.45) is 0 Å².